The van der Waals surface area contributed by atoms with Crippen LogP contribution in [0.3, 0.4) is 0 Å². The molecule has 0 atom stereocenters. The molecular formula is C12H11BrCl2N2S. The van der Waals surface area contributed by atoms with Crippen molar-refractivity contribution >= 4 is 56.2 Å². The molecule has 0 bridgehead atoms. The Morgan fingerprint density at radius 2 is 2.11 bits per heavy atom. The maximum Gasteiger partial charge on any atom is 0.0835 e. The van der Waals surface area contributed by atoms with Gasteiger partial charge in [-0.2, -0.15) is 0 Å². The van der Waals surface area contributed by atoms with Crippen LogP contribution in [0.1, 0.15) is 10.6 Å². The molecule has 0 aliphatic carbocycles. The standard InChI is InChI=1S/C12H11BrCl2N2S/c1-7-10(18-6-17-7)4-5-16-9-3-2-8(13)11(14)12(9)15/h2-3,6,16H,4-5H2,1H3. The van der Waals surface area contributed by atoms with Crippen LogP contribution in [-0.4, -0.2) is 11.5 Å². The van der Waals surface area contributed by atoms with Crippen LogP contribution in [0.25, 0.3) is 0 Å². The third kappa shape index (κ3) is 3.18. The lowest BCUT2D eigenvalue weighted by Gasteiger charge is -2.10. The molecule has 2 nitrogen and oxygen atoms in total. The minimum absolute atomic E-state index is 0.538. The van der Waals surface area contributed by atoms with E-state index < -0.39 is 0 Å². The summed E-state index contributed by atoms with van der Waals surface area (Å²) in [7, 11) is 0. The Morgan fingerprint density at radius 1 is 1.33 bits per heavy atom. The highest BCUT2D eigenvalue weighted by Gasteiger charge is 2.08. The fourth-order valence-corrected chi connectivity index (χ4v) is 3.16. The minimum Gasteiger partial charge on any atom is -0.383 e. The molecule has 2 aromatic rings. The van der Waals surface area contributed by atoms with E-state index in [1.54, 1.807) is 11.3 Å². The number of halogens is 3. The molecule has 0 aliphatic heterocycles. The topological polar surface area (TPSA) is 24.9 Å². The number of nitrogens with zero attached hydrogens (tertiary/aromatic N) is 1. The Morgan fingerprint density at radius 3 is 2.78 bits per heavy atom. The van der Waals surface area contributed by atoms with Crippen molar-refractivity contribution in [2.24, 2.45) is 0 Å². The molecule has 2 rings (SSSR count). The third-order valence-electron chi connectivity index (χ3n) is 2.55. The van der Waals surface area contributed by atoms with E-state index in [1.165, 1.54) is 4.88 Å². The molecule has 0 fully saturated rings. The van der Waals surface area contributed by atoms with E-state index in [1.807, 2.05) is 24.6 Å². The molecule has 96 valence electrons. The molecule has 1 N–H and O–H groups in total. The van der Waals surface area contributed by atoms with Gasteiger partial charge in [-0.25, -0.2) is 4.98 Å². The van der Waals surface area contributed by atoms with Crippen LogP contribution in [0.15, 0.2) is 22.1 Å². The van der Waals surface area contributed by atoms with Gasteiger partial charge in [0.25, 0.3) is 0 Å². The first-order valence-corrected chi connectivity index (χ1v) is 7.78. The van der Waals surface area contributed by atoms with E-state index in [-0.39, 0.29) is 0 Å². The summed E-state index contributed by atoms with van der Waals surface area (Å²) in [5, 5.41) is 4.37. The van der Waals surface area contributed by atoms with Crippen LogP contribution in [-0.2, 0) is 6.42 Å². The Kier molecular flexibility index (Phi) is 4.90. The molecule has 0 unspecified atom stereocenters. The Balaban J connectivity index is 1.99. The third-order valence-corrected chi connectivity index (χ3v) is 5.31. The van der Waals surface area contributed by atoms with Crippen molar-refractivity contribution in [3.63, 3.8) is 0 Å². The number of aromatic nitrogens is 1. The first kappa shape index (κ1) is 14.1. The Bertz CT molecular complexity index is 557. The van der Waals surface area contributed by atoms with Crippen LogP contribution in [0.5, 0.6) is 0 Å². The van der Waals surface area contributed by atoms with Gasteiger partial charge in [0, 0.05) is 22.3 Å². The van der Waals surface area contributed by atoms with Gasteiger partial charge in [-0.1, -0.05) is 23.2 Å². The van der Waals surface area contributed by atoms with E-state index in [9.17, 15) is 0 Å². The van der Waals surface area contributed by atoms with Crippen LogP contribution >= 0.6 is 50.5 Å². The van der Waals surface area contributed by atoms with Crippen LogP contribution in [0, 0.1) is 6.92 Å². The van der Waals surface area contributed by atoms with Gasteiger partial charge in [-0.15, -0.1) is 11.3 Å². The van der Waals surface area contributed by atoms with Crippen LogP contribution < -0.4 is 5.32 Å². The maximum atomic E-state index is 6.16. The highest BCUT2D eigenvalue weighted by atomic mass is 79.9. The molecule has 1 heterocycles. The summed E-state index contributed by atoms with van der Waals surface area (Å²) in [4.78, 5) is 5.52. The summed E-state index contributed by atoms with van der Waals surface area (Å²) in [6.07, 6.45) is 0.931. The van der Waals surface area contributed by atoms with Crippen molar-refractivity contribution in [1.82, 2.24) is 4.98 Å². The Labute approximate surface area is 128 Å². The summed E-state index contributed by atoms with van der Waals surface area (Å²) in [5.74, 6) is 0. The lowest BCUT2D eigenvalue weighted by atomic mass is 10.2. The highest BCUT2D eigenvalue weighted by Crippen LogP contribution is 2.35. The van der Waals surface area contributed by atoms with Crippen molar-refractivity contribution in [2.45, 2.75) is 13.3 Å². The molecule has 1 aromatic heterocycles. The van der Waals surface area contributed by atoms with E-state index in [4.69, 9.17) is 23.2 Å². The normalized spacial score (nSPS) is 10.7. The van der Waals surface area contributed by atoms with Gasteiger partial charge in [0.1, 0.15) is 0 Å². The predicted molar refractivity (Wildman–Crippen MR) is 83.2 cm³/mol. The molecule has 6 heteroatoms. The number of rotatable bonds is 4. The lowest BCUT2D eigenvalue weighted by molar-refractivity contribution is 1.02. The number of benzene rings is 1. The second-order valence-electron chi connectivity index (χ2n) is 3.76. The van der Waals surface area contributed by atoms with Gasteiger partial charge in [0.2, 0.25) is 0 Å². The second-order valence-corrected chi connectivity index (χ2v) is 6.31. The van der Waals surface area contributed by atoms with E-state index in [2.05, 4.69) is 26.2 Å². The molecule has 0 spiro atoms. The monoisotopic (exact) mass is 364 g/mol. The number of thiazole rings is 1. The number of aryl methyl sites for hydroxylation is 1. The molecule has 18 heavy (non-hydrogen) atoms. The molecule has 0 amide bonds. The van der Waals surface area contributed by atoms with Crippen molar-refractivity contribution in [3.05, 3.63) is 42.7 Å². The summed E-state index contributed by atoms with van der Waals surface area (Å²) < 4.78 is 0.804. The van der Waals surface area contributed by atoms with Crippen molar-refractivity contribution in [3.8, 4) is 0 Å². The number of hydrogen-bond donors (Lipinski definition) is 1. The number of nitrogens with one attached hydrogen (secondary N) is 1. The summed E-state index contributed by atoms with van der Waals surface area (Å²) in [5.41, 5.74) is 3.82. The summed E-state index contributed by atoms with van der Waals surface area (Å²) >= 11 is 17.2. The number of hydrogen-bond acceptors (Lipinski definition) is 3. The van der Waals surface area contributed by atoms with Gasteiger partial charge in [0.05, 0.1) is 26.9 Å². The molecule has 0 aliphatic rings. The highest BCUT2D eigenvalue weighted by molar-refractivity contribution is 9.10. The van der Waals surface area contributed by atoms with Crippen molar-refractivity contribution in [2.75, 3.05) is 11.9 Å². The van der Waals surface area contributed by atoms with Crippen molar-refractivity contribution < 1.29 is 0 Å². The smallest absolute Gasteiger partial charge is 0.0835 e. The fraction of sp³-hybridized carbons (Fsp3) is 0.250. The van der Waals surface area contributed by atoms with E-state index >= 15 is 0 Å². The minimum atomic E-state index is 0.538. The lowest BCUT2D eigenvalue weighted by Crippen LogP contribution is -2.05. The average Bonchev–Trinajstić information content (AvgIpc) is 2.75. The molecule has 0 saturated carbocycles. The van der Waals surface area contributed by atoms with Crippen LogP contribution in [0.2, 0.25) is 10.0 Å². The zero-order chi connectivity index (χ0) is 13.1. The average molecular weight is 366 g/mol. The van der Waals surface area contributed by atoms with Gasteiger partial charge < -0.3 is 5.32 Å². The molecule has 1 aromatic carbocycles. The van der Waals surface area contributed by atoms with Gasteiger partial charge >= 0.3 is 0 Å². The summed E-state index contributed by atoms with van der Waals surface area (Å²) in [6.45, 7) is 2.83. The molecular weight excluding hydrogens is 355 g/mol. The molecule has 0 radical (unpaired) electrons. The van der Waals surface area contributed by atoms with E-state index in [0.717, 1.165) is 28.8 Å². The zero-order valence-corrected chi connectivity index (χ0v) is 13.5. The van der Waals surface area contributed by atoms with Gasteiger partial charge in [-0.05, 0) is 35.0 Å². The van der Waals surface area contributed by atoms with Crippen molar-refractivity contribution in [1.29, 1.82) is 0 Å². The fourth-order valence-electron chi connectivity index (χ4n) is 1.54. The van der Waals surface area contributed by atoms with E-state index in [0.29, 0.717) is 10.0 Å². The Hall–Kier alpha value is -0.290. The zero-order valence-electron chi connectivity index (χ0n) is 9.64. The van der Waals surface area contributed by atoms with Gasteiger partial charge in [-0.3, -0.25) is 0 Å². The maximum absolute atomic E-state index is 6.16. The van der Waals surface area contributed by atoms with Gasteiger partial charge in [0.15, 0.2) is 0 Å². The summed E-state index contributed by atoms with van der Waals surface area (Å²) in [6, 6.07) is 3.80. The number of anilines is 1. The molecule has 0 saturated heterocycles. The second kappa shape index (κ2) is 6.24. The first-order chi connectivity index (χ1) is 8.59. The first-order valence-electron chi connectivity index (χ1n) is 5.36. The largest absolute Gasteiger partial charge is 0.383 e. The SMILES string of the molecule is Cc1ncsc1CCNc1ccc(Br)c(Cl)c1Cl. The predicted octanol–water partition coefficient (Wildman–Crippen LogP) is 5.18. The van der Waals surface area contributed by atoms with Crippen LogP contribution in [0.4, 0.5) is 5.69 Å². The quantitative estimate of drug-likeness (QED) is 0.755.